The van der Waals surface area contributed by atoms with Crippen molar-refractivity contribution >= 4 is 23.4 Å². The summed E-state index contributed by atoms with van der Waals surface area (Å²) < 4.78 is 4.89. The van der Waals surface area contributed by atoms with Crippen LogP contribution in [0, 0.1) is 17.0 Å². The minimum Gasteiger partial charge on any atom is -0.395 e. The standard InChI is InChI=1S/C20H17N3O5/c1-13-6-2-3-7-14(13)12-21-19(24)15-8-4-5-9-16(15)22-20(25)17-10-11-18(28-17)23(26)27/h2-11H,12H2,1H3,(H,21,24)(H,22,25). The monoisotopic (exact) mass is 379 g/mol. The molecule has 3 aromatic rings. The minimum absolute atomic E-state index is 0.221. The van der Waals surface area contributed by atoms with E-state index >= 15 is 0 Å². The first-order chi connectivity index (χ1) is 13.5. The van der Waals surface area contributed by atoms with Crippen molar-refractivity contribution in [2.75, 3.05) is 5.32 Å². The molecule has 0 saturated heterocycles. The van der Waals surface area contributed by atoms with E-state index in [2.05, 4.69) is 10.6 Å². The molecule has 0 spiro atoms. The van der Waals surface area contributed by atoms with E-state index in [9.17, 15) is 19.7 Å². The van der Waals surface area contributed by atoms with Crippen LogP contribution in [0.5, 0.6) is 0 Å². The molecule has 3 rings (SSSR count). The first-order valence-corrected chi connectivity index (χ1v) is 8.43. The molecule has 0 atom stereocenters. The molecule has 0 saturated carbocycles. The molecule has 0 fully saturated rings. The fourth-order valence-corrected chi connectivity index (χ4v) is 2.60. The van der Waals surface area contributed by atoms with Crippen LogP contribution in [0.3, 0.4) is 0 Å². The van der Waals surface area contributed by atoms with Crippen LogP contribution in [0.15, 0.2) is 65.1 Å². The quantitative estimate of drug-likeness (QED) is 0.501. The summed E-state index contributed by atoms with van der Waals surface area (Å²) in [6.45, 7) is 2.30. The zero-order valence-electron chi connectivity index (χ0n) is 15.0. The normalized spacial score (nSPS) is 10.3. The molecular weight excluding hydrogens is 362 g/mol. The van der Waals surface area contributed by atoms with Crippen molar-refractivity contribution in [3.8, 4) is 0 Å². The maximum Gasteiger partial charge on any atom is 0.433 e. The van der Waals surface area contributed by atoms with E-state index in [4.69, 9.17) is 4.42 Å². The number of carbonyl (C=O) groups excluding carboxylic acids is 2. The highest BCUT2D eigenvalue weighted by atomic mass is 16.6. The van der Waals surface area contributed by atoms with Crippen molar-refractivity contribution in [1.29, 1.82) is 0 Å². The molecule has 0 aliphatic rings. The third-order valence-electron chi connectivity index (χ3n) is 4.12. The Kier molecular flexibility index (Phi) is 5.50. The number of hydrogen-bond donors (Lipinski definition) is 2. The average molecular weight is 379 g/mol. The molecule has 1 aromatic heterocycles. The Morgan fingerprint density at radius 3 is 2.43 bits per heavy atom. The zero-order chi connectivity index (χ0) is 20.1. The number of anilines is 1. The molecule has 0 radical (unpaired) electrons. The van der Waals surface area contributed by atoms with Crippen LogP contribution in [0.2, 0.25) is 0 Å². The van der Waals surface area contributed by atoms with Gasteiger partial charge >= 0.3 is 5.88 Å². The molecule has 0 aliphatic carbocycles. The van der Waals surface area contributed by atoms with Crippen molar-refractivity contribution < 1.29 is 18.9 Å². The van der Waals surface area contributed by atoms with E-state index in [0.29, 0.717) is 6.54 Å². The number of carbonyl (C=O) groups is 2. The first kappa shape index (κ1) is 18.8. The third kappa shape index (κ3) is 4.24. The molecule has 28 heavy (non-hydrogen) atoms. The molecule has 2 N–H and O–H groups in total. The van der Waals surface area contributed by atoms with Crippen LogP contribution in [0.1, 0.15) is 32.0 Å². The number of benzene rings is 2. The summed E-state index contributed by atoms with van der Waals surface area (Å²) in [6.07, 6.45) is 0. The Balaban J connectivity index is 1.73. The number of amides is 2. The summed E-state index contributed by atoms with van der Waals surface area (Å²) in [5.74, 6) is -1.80. The fraction of sp³-hybridized carbons (Fsp3) is 0.100. The van der Waals surface area contributed by atoms with E-state index < -0.39 is 16.7 Å². The summed E-state index contributed by atoms with van der Waals surface area (Å²) >= 11 is 0. The first-order valence-electron chi connectivity index (χ1n) is 8.43. The number of nitrogens with one attached hydrogen (secondary N) is 2. The van der Waals surface area contributed by atoms with Gasteiger partial charge < -0.3 is 15.1 Å². The van der Waals surface area contributed by atoms with E-state index in [-0.39, 0.29) is 22.9 Å². The Labute approximate surface area is 160 Å². The molecule has 0 bridgehead atoms. The van der Waals surface area contributed by atoms with Gasteiger partial charge in [0.15, 0.2) is 5.76 Å². The Bertz CT molecular complexity index is 1040. The van der Waals surface area contributed by atoms with Crippen LogP contribution >= 0.6 is 0 Å². The molecule has 2 aromatic carbocycles. The zero-order valence-corrected chi connectivity index (χ0v) is 15.0. The summed E-state index contributed by atoms with van der Waals surface area (Å²) in [5.41, 5.74) is 2.59. The van der Waals surface area contributed by atoms with Gasteiger partial charge in [0.2, 0.25) is 0 Å². The van der Waals surface area contributed by atoms with Gasteiger partial charge in [0, 0.05) is 6.54 Å². The Hall–Kier alpha value is -3.94. The number of nitrogens with zero attached hydrogens (tertiary/aromatic N) is 1. The SMILES string of the molecule is Cc1ccccc1CNC(=O)c1ccccc1NC(=O)c1ccc([N+](=O)[O-])o1. The van der Waals surface area contributed by atoms with Gasteiger partial charge in [-0.2, -0.15) is 0 Å². The molecule has 2 amide bonds. The second-order valence-electron chi connectivity index (χ2n) is 6.00. The molecule has 8 heteroatoms. The lowest BCUT2D eigenvalue weighted by molar-refractivity contribution is -0.402. The maximum absolute atomic E-state index is 12.6. The second kappa shape index (κ2) is 8.17. The van der Waals surface area contributed by atoms with Gasteiger partial charge in [-0.25, -0.2) is 0 Å². The molecule has 142 valence electrons. The van der Waals surface area contributed by atoms with Crippen LogP contribution in [-0.4, -0.2) is 16.7 Å². The highest BCUT2D eigenvalue weighted by molar-refractivity contribution is 6.07. The van der Waals surface area contributed by atoms with E-state index in [1.54, 1.807) is 24.3 Å². The maximum atomic E-state index is 12.6. The second-order valence-corrected chi connectivity index (χ2v) is 6.00. The molecule has 1 heterocycles. The molecule has 0 aliphatic heterocycles. The van der Waals surface area contributed by atoms with Crippen molar-refractivity contribution in [3.63, 3.8) is 0 Å². The van der Waals surface area contributed by atoms with Gasteiger partial charge in [-0.05, 0) is 36.2 Å². The van der Waals surface area contributed by atoms with Crippen molar-refractivity contribution in [1.82, 2.24) is 5.32 Å². The van der Waals surface area contributed by atoms with Gasteiger partial charge in [-0.3, -0.25) is 19.7 Å². The Morgan fingerprint density at radius 2 is 1.71 bits per heavy atom. The molecule has 0 unspecified atom stereocenters. The third-order valence-corrected chi connectivity index (χ3v) is 4.12. The molecule has 8 nitrogen and oxygen atoms in total. The Morgan fingerprint density at radius 1 is 1.00 bits per heavy atom. The summed E-state index contributed by atoms with van der Waals surface area (Å²) in [5, 5.41) is 16.1. The summed E-state index contributed by atoms with van der Waals surface area (Å²) in [7, 11) is 0. The van der Waals surface area contributed by atoms with E-state index in [0.717, 1.165) is 17.2 Å². The summed E-state index contributed by atoms with van der Waals surface area (Å²) in [6, 6.07) is 16.5. The molecular formula is C20H17N3O5. The van der Waals surface area contributed by atoms with Gasteiger partial charge in [0.05, 0.1) is 17.3 Å². The highest BCUT2D eigenvalue weighted by Gasteiger charge is 2.19. The number of furan rings is 1. The lowest BCUT2D eigenvalue weighted by atomic mass is 10.1. The number of nitro groups is 1. The largest absolute Gasteiger partial charge is 0.433 e. The van der Waals surface area contributed by atoms with Crippen molar-refractivity contribution in [2.45, 2.75) is 13.5 Å². The predicted molar refractivity (Wildman–Crippen MR) is 102 cm³/mol. The fourth-order valence-electron chi connectivity index (χ4n) is 2.60. The number of rotatable bonds is 6. The van der Waals surface area contributed by atoms with Crippen molar-refractivity contribution in [3.05, 3.63) is 93.2 Å². The smallest absolute Gasteiger partial charge is 0.395 e. The van der Waals surface area contributed by atoms with Gasteiger partial charge in [-0.1, -0.05) is 36.4 Å². The predicted octanol–water partition coefficient (Wildman–Crippen LogP) is 3.68. The van der Waals surface area contributed by atoms with Crippen LogP contribution in [0.4, 0.5) is 11.6 Å². The van der Waals surface area contributed by atoms with Crippen LogP contribution in [0.25, 0.3) is 0 Å². The van der Waals surface area contributed by atoms with Gasteiger partial charge in [0.25, 0.3) is 11.8 Å². The number of aryl methyl sites for hydroxylation is 1. The highest BCUT2D eigenvalue weighted by Crippen LogP contribution is 2.20. The minimum atomic E-state index is -0.732. The van der Waals surface area contributed by atoms with Crippen molar-refractivity contribution in [2.24, 2.45) is 0 Å². The lowest BCUT2D eigenvalue weighted by Gasteiger charge is -2.11. The number of hydrogen-bond acceptors (Lipinski definition) is 5. The lowest BCUT2D eigenvalue weighted by Crippen LogP contribution is -2.25. The van der Waals surface area contributed by atoms with E-state index in [1.165, 1.54) is 6.07 Å². The van der Waals surface area contributed by atoms with Crippen LogP contribution < -0.4 is 10.6 Å². The van der Waals surface area contributed by atoms with E-state index in [1.807, 2.05) is 31.2 Å². The average Bonchev–Trinajstić information content (AvgIpc) is 3.18. The summed E-state index contributed by atoms with van der Waals surface area (Å²) in [4.78, 5) is 34.8. The topological polar surface area (TPSA) is 114 Å². The number of para-hydroxylation sites is 1. The van der Waals surface area contributed by atoms with Gasteiger partial charge in [-0.15, -0.1) is 0 Å². The van der Waals surface area contributed by atoms with Crippen LogP contribution in [-0.2, 0) is 6.54 Å². The van der Waals surface area contributed by atoms with Gasteiger partial charge in [0.1, 0.15) is 4.92 Å².